The Labute approximate surface area is 358 Å². The lowest BCUT2D eigenvalue weighted by Gasteiger charge is -2.41. The summed E-state index contributed by atoms with van der Waals surface area (Å²) in [5.74, 6) is -0.477. The highest BCUT2D eigenvalue weighted by Gasteiger charge is 2.51. The molecule has 6 unspecified atom stereocenters. The van der Waals surface area contributed by atoms with Gasteiger partial charge in [-0.3, -0.25) is 13.8 Å². The number of esters is 1. The SMILES string of the molecule is CCCCC/C=C\C/C=C\CCCCCCCCCCOCC(COP(=O)(O)OC1C(O)C(O)C(O)C(O)C1O)OC(=O)CCCCCCCCCCCCCCCC. The van der Waals surface area contributed by atoms with Gasteiger partial charge in [-0.25, -0.2) is 4.57 Å². The van der Waals surface area contributed by atoms with E-state index in [0.717, 1.165) is 57.8 Å². The molecule has 13 heteroatoms. The zero-order valence-electron chi connectivity index (χ0n) is 37.1. The number of aliphatic hydroxyl groups is 5. The van der Waals surface area contributed by atoms with Gasteiger partial charge in [-0.15, -0.1) is 0 Å². The number of aliphatic hydroxyl groups excluding tert-OH is 5. The second-order valence-corrected chi connectivity index (χ2v) is 18.0. The summed E-state index contributed by atoms with van der Waals surface area (Å²) in [4.78, 5) is 23.1. The quantitative estimate of drug-likeness (QED) is 0.0148. The van der Waals surface area contributed by atoms with Crippen molar-refractivity contribution in [1.29, 1.82) is 0 Å². The monoisotopic (exact) mass is 863 g/mol. The predicted octanol–water partition coefficient (Wildman–Crippen LogP) is 9.70. The number of hydrogen-bond acceptors (Lipinski definition) is 11. The molecule has 0 spiro atoms. The molecule has 6 N–H and O–H groups in total. The molecule has 1 aliphatic carbocycles. The van der Waals surface area contributed by atoms with Crippen LogP contribution in [0.2, 0.25) is 0 Å². The number of allylic oxidation sites excluding steroid dienone is 4. The second kappa shape index (κ2) is 37.4. The van der Waals surface area contributed by atoms with Crippen molar-refractivity contribution < 1.29 is 58.3 Å². The molecule has 0 saturated heterocycles. The van der Waals surface area contributed by atoms with Crippen molar-refractivity contribution in [3.8, 4) is 0 Å². The Morgan fingerprint density at radius 1 is 0.542 bits per heavy atom. The molecule has 0 heterocycles. The first kappa shape index (κ1) is 55.8. The molecule has 1 fully saturated rings. The zero-order chi connectivity index (χ0) is 43.4. The van der Waals surface area contributed by atoms with Gasteiger partial charge in [-0.2, -0.15) is 0 Å². The van der Waals surface area contributed by atoms with Crippen LogP contribution < -0.4 is 0 Å². The van der Waals surface area contributed by atoms with Gasteiger partial charge in [0, 0.05) is 13.0 Å². The minimum absolute atomic E-state index is 0.0769. The molecule has 0 aromatic carbocycles. The summed E-state index contributed by atoms with van der Waals surface area (Å²) in [7, 11) is -5.02. The van der Waals surface area contributed by atoms with Crippen LogP contribution in [0.5, 0.6) is 0 Å². The molecule has 0 aromatic heterocycles. The Morgan fingerprint density at radius 3 is 1.46 bits per heavy atom. The molecular formula is C46H87O12P. The van der Waals surface area contributed by atoms with Gasteiger partial charge in [0.25, 0.3) is 0 Å². The lowest BCUT2D eigenvalue weighted by Crippen LogP contribution is -2.64. The second-order valence-electron chi connectivity index (χ2n) is 16.6. The van der Waals surface area contributed by atoms with E-state index in [2.05, 4.69) is 38.2 Å². The lowest BCUT2D eigenvalue weighted by atomic mass is 9.85. The van der Waals surface area contributed by atoms with Crippen molar-refractivity contribution in [2.75, 3.05) is 19.8 Å². The average molecular weight is 863 g/mol. The number of phosphoric ester groups is 1. The normalized spacial score (nSPS) is 22.6. The maximum absolute atomic E-state index is 12.8. The minimum atomic E-state index is -5.02. The Bertz CT molecular complexity index is 1070. The average Bonchev–Trinajstić information content (AvgIpc) is 3.22. The molecule has 12 nitrogen and oxygen atoms in total. The molecule has 0 radical (unpaired) electrons. The van der Waals surface area contributed by atoms with Crippen molar-refractivity contribution in [1.82, 2.24) is 0 Å². The van der Waals surface area contributed by atoms with Crippen LogP contribution in [-0.2, 0) is 27.9 Å². The highest BCUT2D eigenvalue weighted by atomic mass is 31.2. The Balaban J connectivity index is 2.38. The van der Waals surface area contributed by atoms with E-state index in [9.17, 15) is 39.8 Å². The van der Waals surface area contributed by atoms with Crippen molar-refractivity contribution in [2.45, 2.75) is 243 Å². The van der Waals surface area contributed by atoms with Gasteiger partial charge in [0.15, 0.2) is 0 Å². The smallest absolute Gasteiger partial charge is 0.457 e. The van der Waals surface area contributed by atoms with Crippen molar-refractivity contribution in [3.05, 3.63) is 24.3 Å². The third kappa shape index (κ3) is 29.7. The van der Waals surface area contributed by atoms with E-state index in [1.807, 2.05) is 0 Å². The number of hydrogen-bond donors (Lipinski definition) is 6. The molecule has 348 valence electrons. The number of carbonyl (C=O) groups excluding carboxylic acids is 1. The van der Waals surface area contributed by atoms with E-state index < -0.39 is 63.1 Å². The topological polar surface area (TPSA) is 192 Å². The molecular weight excluding hydrogens is 775 g/mol. The van der Waals surface area contributed by atoms with E-state index in [1.54, 1.807) is 0 Å². The zero-order valence-corrected chi connectivity index (χ0v) is 38.0. The molecule has 0 amide bonds. The van der Waals surface area contributed by atoms with Crippen LogP contribution in [0.4, 0.5) is 0 Å². The standard InChI is InChI=1S/C46H87O12P/c1-3-5-7-9-11-13-15-17-19-20-21-22-24-26-28-30-32-34-36-55-37-39(38-56-59(53,54)58-46-44(51)42(49)41(48)43(50)45(46)52)57-40(47)35-33-31-29-27-25-23-18-16-14-12-10-8-6-4-2/h11,13,17,19,39,41-46,48-52H,3-10,12,14-16,18,20-38H2,1-2H3,(H,53,54)/b13-11-,19-17-. The van der Waals surface area contributed by atoms with E-state index in [4.69, 9.17) is 18.5 Å². The summed E-state index contributed by atoms with van der Waals surface area (Å²) in [5.41, 5.74) is 0. The highest BCUT2D eigenvalue weighted by Crippen LogP contribution is 2.47. The van der Waals surface area contributed by atoms with Crippen molar-refractivity contribution in [3.63, 3.8) is 0 Å². The van der Waals surface area contributed by atoms with Crippen LogP contribution in [-0.4, -0.2) is 98.9 Å². The number of phosphoric acid groups is 1. The molecule has 1 rings (SSSR count). The fraction of sp³-hybridized carbons (Fsp3) is 0.891. The molecule has 0 bridgehead atoms. The van der Waals surface area contributed by atoms with Gasteiger partial charge >= 0.3 is 13.8 Å². The summed E-state index contributed by atoms with van der Waals surface area (Å²) >= 11 is 0. The van der Waals surface area contributed by atoms with Gasteiger partial charge in [0.2, 0.25) is 0 Å². The first-order valence-corrected chi connectivity index (χ1v) is 25.2. The van der Waals surface area contributed by atoms with Crippen LogP contribution in [0.25, 0.3) is 0 Å². The van der Waals surface area contributed by atoms with Crippen LogP contribution >= 0.6 is 7.82 Å². The molecule has 59 heavy (non-hydrogen) atoms. The Kier molecular flexibility index (Phi) is 35.4. The molecule has 0 aliphatic heterocycles. The fourth-order valence-electron chi connectivity index (χ4n) is 7.27. The number of ether oxygens (including phenoxy) is 2. The third-order valence-electron chi connectivity index (χ3n) is 11.1. The Hall–Kier alpha value is -1.18. The third-order valence-corrected chi connectivity index (χ3v) is 12.1. The molecule has 1 aliphatic rings. The van der Waals surface area contributed by atoms with E-state index >= 15 is 0 Å². The fourth-order valence-corrected chi connectivity index (χ4v) is 8.24. The summed E-state index contributed by atoms with van der Waals surface area (Å²) in [5, 5.41) is 50.2. The number of rotatable bonds is 40. The summed E-state index contributed by atoms with van der Waals surface area (Å²) in [6, 6.07) is 0. The molecule has 0 aromatic rings. The van der Waals surface area contributed by atoms with Crippen LogP contribution in [0.15, 0.2) is 24.3 Å². The summed E-state index contributed by atoms with van der Waals surface area (Å²) in [6.45, 7) is 4.24. The van der Waals surface area contributed by atoms with E-state index in [-0.39, 0.29) is 13.0 Å². The van der Waals surface area contributed by atoms with Crippen LogP contribution in [0.3, 0.4) is 0 Å². The van der Waals surface area contributed by atoms with E-state index in [0.29, 0.717) is 13.0 Å². The molecule has 6 atom stereocenters. The van der Waals surface area contributed by atoms with Gasteiger partial charge in [-0.1, -0.05) is 173 Å². The van der Waals surface area contributed by atoms with Crippen LogP contribution in [0, 0.1) is 0 Å². The van der Waals surface area contributed by atoms with Gasteiger partial charge in [0.05, 0.1) is 13.2 Å². The van der Waals surface area contributed by atoms with Crippen LogP contribution in [0.1, 0.15) is 200 Å². The maximum atomic E-state index is 12.8. The maximum Gasteiger partial charge on any atom is 0.472 e. The summed E-state index contributed by atoms with van der Waals surface area (Å²) < 4.78 is 34.2. The number of unbranched alkanes of at least 4 members (excludes halogenated alkanes) is 24. The van der Waals surface area contributed by atoms with Gasteiger partial charge < -0.3 is 39.9 Å². The van der Waals surface area contributed by atoms with E-state index in [1.165, 1.54) is 116 Å². The van der Waals surface area contributed by atoms with Gasteiger partial charge in [0.1, 0.15) is 42.7 Å². The first-order chi connectivity index (χ1) is 28.5. The number of carbonyl (C=O) groups is 1. The van der Waals surface area contributed by atoms with Gasteiger partial charge in [-0.05, 0) is 44.9 Å². The Morgan fingerprint density at radius 2 is 0.949 bits per heavy atom. The summed E-state index contributed by atoms with van der Waals surface area (Å²) in [6.07, 6.45) is 29.5. The van der Waals surface area contributed by atoms with Crippen molar-refractivity contribution in [2.24, 2.45) is 0 Å². The highest BCUT2D eigenvalue weighted by molar-refractivity contribution is 7.47. The van der Waals surface area contributed by atoms with Crippen molar-refractivity contribution >= 4 is 13.8 Å². The lowest BCUT2D eigenvalue weighted by molar-refractivity contribution is -0.220. The largest absolute Gasteiger partial charge is 0.472 e. The molecule has 1 saturated carbocycles. The minimum Gasteiger partial charge on any atom is -0.457 e. The first-order valence-electron chi connectivity index (χ1n) is 23.7. The predicted molar refractivity (Wildman–Crippen MR) is 235 cm³/mol.